The van der Waals surface area contributed by atoms with Crippen LogP contribution in [0, 0.1) is 0 Å². The third-order valence-corrected chi connectivity index (χ3v) is 6.54. The zero-order valence-electron chi connectivity index (χ0n) is 15.9. The van der Waals surface area contributed by atoms with Gasteiger partial charge in [-0.15, -0.1) is 0 Å². The van der Waals surface area contributed by atoms with Crippen LogP contribution in [0.4, 0.5) is 9.59 Å². The van der Waals surface area contributed by atoms with Crippen LogP contribution in [-0.2, 0) is 9.47 Å². The normalized spacial score (nSPS) is 12.0. The van der Waals surface area contributed by atoms with Crippen molar-refractivity contribution in [1.29, 1.82) is 0 Å². The molecule has 142 valence electrons. The highest BCUT2D eigenvalue weighted by atomic mass is 28.3. The molecule has 0 aliphatic rings. The number of ether oxygens (including phenoxy) is 2. The number of carbonyl (C=O) groups excluding carboxylic acids is 2. The van der Waals surface area contributed by atoms with Crippen molar-refractivity contribution in [3.05, 3.63) is 0 Å². The second-order valence-corrected chi connectivity index (χ2v) is 19.6. The number of nitrogens with one attached hydrogen (secondary N) is 2. The van der Waals surface area contributed by atoms with Gasteiger partial charge in [-0.1, -0.05) is 39.3 Å². The van der Waals surface area contributed by atoms with E-state index in [1.54, 1.807) is 0 Å². The molecule has 0 aromatic heterocycles. The Bertz CT molecular complexity index is 358. The Labute approximate surface area is 147 Å². The van der Waals surface area contributed by atoms with Crippen LogP contribution in [0.1, 0.15) is 0 Å². The molecule has 0 aliphatic heterocycles. The molecule has 24 heavy (non-hydrogen) atoms. The minimum atomic E-state index is -1.23. The number of aliphatic hydroxyl groups excluding tert-OH is 1. The molecule has 0 spiro atoms. The van der Waals surface area contributed by atoms with Gasteiger partial charge < -0.3 is 25.2 Å². The Morgan fingerprint density at radius 3 is 1.46 bits per heavy atom. The fraction of sp³-hybridized carbons (Fsp3) is 0.867. The topological polar surface area (TPSA) is 96.9 Å². The van der Waals surface area contributed by atoms with Gasteiger partial charge in [0.2, 0.25) is 0 Å². The summed E-state index contributed by atoms with van der Waals surface area (Å²) in [4.78, 5) is 22.9. The van der Waals surface area contributed by atoms with Crippen molar-refractivity contribution in [2.45, 2.75) is 57.5 Å². The minimum absolute atomic E-state index is 0.0148. The van der Waals surface area contributed by atoms with E-state index in [1.807, 2.05) is 0 Å². The molecule has 0 fully saturated rings. The van der Waals surface area contributed by atoms with E-state index in [9.17, 15) is 14.7 Å². The van der Waals surface area contributed by atoms with Gasteiger partial charge in [0.25, 0.3) is 0 Å². The smallest absolute Gasteiger partial charge is 0.407 e. The van der Waals surface area contributed by atoms with Gasteiger partial charge >= 0.3 is 12.2 Å². The maximum absolute atomic E-state index is 11.5. The Morgan fingerprint density at radius 1 is 0.833 bits per heavy atom. The highest BCUT2D eigenvalue weighted by molar-refractivity contribution is 6.76. The monoisotopic (exact) mass is 378 g/mol. The summed E-state index contributed by atoms with van der Waals surface area (Å²) in [5, 5.41) is 14.7. The summed E-state index contributed by atoms with van der Waals surface area (Å²) in [5.74, 6) is 0. The van der Waals surface area contributed by atoms with Crippen molar-refractivity contribution < 1.29 is 24.2 Å². The maximum Gasteiger partial charge on any atom is 0.407 e. The largest absolute Gasteiger partial charge is 0.450 e. The average molecular weight is 379 g/mol. The van der Waals surface area contributed by atoms with E-state index >= 15 is 0 Å². The molecule has 3 N–H and O–H groups in total. The molecule has 0 rings (SSSR count). The van der Waals surface area contributed by atoms with Crippen molar-refractivity contribution in [2.24, 2.45) is 0 Å². The molecule has 9 heteroatoms. The van der Waals surface area contributed by atoms with Gasteiger partial charge in [0.15, 0.2) is 0 Å². The number of alkyl carbamates (subject to hydrolysis) is 2. The van der Waals surface area contributed by atoms with Gasteiger partial charge in [-0.2, -0.15) is 0 Å². The van der Waals surface area contributed by atoms with Crippen molar-refractivity contribution in [3.8, 4) is 0 Å². The Balaban J connectivity index is 3.73. The van der Waals surface area contributed by atoms with Crippen molar-refractivity contribution >= 4 is 28.3 Å². The molecule has 0 bridgehead atoms. The lowest BCUT2D eigenvalue weighted by atomic mass is 10.3. The third kappa shape index (κ3) is 15.8. The van der Waals surface area contributed by atoms with Crippen LogP contribution in [0.5, 0.6) is 0 Å². The second kappa shape index (κ2) is 10.7. The highest BCUT2D eigenvalue weighted by Crippen LogP contribution is 2.08. The summed E-state index contributed by atoms with van der Waals surface area (Å²) in [5.41, 5.74) is 0. The summed E-state index contributed by atoms with van der Waals surface area (Å²) >= 11 is 0. The van der Waals surface area contributed by atoms with E-state index in [2.05, 4.69) is 49.9 Å². The number of aliphatic hydroxyl groups is 1. The molecule has 0 atom stereocenters. The zero-order valence-corrected chi connectivity index (χ0v) is 17.9. The van der Waals surface area contributed by atoms with Crippen LogP contribution in [-0.4, -0.2) is 65.8 Å². The van der Waals surface area contributed by atoms with Crippen LogP contribution >= 0.6 is 0 Å². The fourth-order valence-corrected chi connectivity index (χ4v) is 2.91. The average Bonchev–Trinajstić information content (AvgIpc) is 2.40. The van der Waals surface area contributed by atoms with Gasteiger partial charge in [0, 0.05) is 29.2 Å². The molecule has 0 aromatic carbocycles. The van der Waals surface area contributed by atoms with Gasteiger partial charge in [0.05, 0.1) is 19.3 Å². The fourth-order valence-electron chi connectivity index (χ4n) is 1.48. The summed E-state index contributed by atoms with van der Waals surface area (Å²) in [6.07, 6.45) is -1.99. The van der Waals surface area contributed by atoms with Crippen LogP contribution in [0.3, 0.4) is 0 Å². The predicted molar refractivity (Wildman–Crippen MR) is 101 cm³/mol. The Kier molecular flexibility index (Phi) is 10.3. The SMILES string of the molecule is C[Si](C)(C)CCOC(=O)NCC(O)CNC(=O)OCC[Si](C)(C)C. The van der Waals surface area contributed by atoms with Gasteiger partial charge in [-0.25, -0.2) is 9.59 Å². The highest BCUT2D eigenvalue weighted by Gasteiger charge is 2.16. The molecule has 0 saturated carbocycles. The molecule has 0 saturated heterocycles. The third-order valence-electron chi connectivity index (χ3n) is 3.13. The molecule has 0 radical (unpaired) electrons. The Hall–Kier alpha value is -1.07. The first-order chi connectivity index (χ1) is 10.9. The summed E-state index contributed by atoms with van der Waals surface area (Å²) in [6, 6.07) is 1.79. The molecule has 0 heterocycles. The summed E-state index contributed by atoms with van der Waals surface area (Å²) < 4.78 is 10.1. The molecule has 0 aliphatic carbocycles. The first-order valence-corrected chi connectivity index (χ1v) is 15.8. The van der Waals surface area contributed by atoms with Crippen molar-refractivity contribution in [2.75, 3.05) is 26.3 Å². The van der Waals surface area contributed by atoms with Crippen molar-refractivity contribution in [3.63, 3.8) is 0 Å². The zero-order chi connectivity index (χ0) is 18.8. The molecule has 7 nitrogen and oxygen atoms in total. The quantitative estimate of drug-likeness (QED) is 0.507. The van der Waals surface area contributed by atoms with Crippen LogP contribution < -0.4 is 10.6 Å². The van der Waals surface area contributed by atoms with E-state index in [0.717, 1.165) is 12.1 Å². The van der Waals surface area contributed by atoms with E-state index in [1.165, 1.54) is 0 Å². The lowest BCUT2D eigenvalue weighted by molar-refractivity contribution is 0.125. The number of hydrogen-bond acceptors (Lipinski definition) is 5. The van der Waals surface area contributed by atoms with E-state index in [0.29, 0.717) is 13.2 Å². The first kappa shape index (κ1) is 22.9. The Morgan fingerprint density at radius 2 is 1.17 bits per heavy atom. The molecular weight excluding hydrogens is 344 g/mol. The van der Waals surface area contributed by atoms with Gasteiger partial charge in [0.1, 0.15) is 0 Å². The molecule has 2 amide bonds. The number of carbonyl (C=O) groups is 2. The van der Waals surface area contributed by atoms with Crippen LogP contribution in [0.2, 0.25) is 51.4 Å². The molecule has 0 unspecified atom stereocenters. The molecular formula is C15H34N2O5Si2. The first-order valence-electron chi connectivity index (χ1n) is 8.38. The van der Waals surface area contributed by atoms with Crippen LogP contribution in [0.15, 0.2) is 0 Å². The number of amides is 2. The van der Waals surface area contributed by atoms with Crippen molar-refractivity contribution in [1.82, 2.24) is 10.6 Å². The van der Waals surface area contributed by atoms with Gasteiger partial charge in [-0.3, -0.25) is 0 Å². The number of rotatable bonds is 10. The summed E-state index contributed by atoms with van der Waals surface area (Å²) in [6.45, 7) is 14.0. The summed E-state index contributed by atoms with van der Waals surface area (Å²) in [7, 11) is -2.46. The lowest BCUT2D eigenvalue weighted by Crippen LogP contribution is -2.40. The maximum atomic E-state index is 11.5. The van der Waals surface area contributed by atoms with E-state index in [-0.39, 0.29) is 13.1 Å². The molecule has 0 aromatic rings. The standard InChI is InChI=1S/C15H34N2O5Si2/c1-23(2,3)9-7-21-14(19)16-11-13(18)12-17-15(20)22-8-10-24(4,5)6/h13,18H,7-12H2,1-6H3,(H,16,19)(H,17,20). The van der Waals surface area contributed by atoms with E-state index < -0.39 is 34.4 Å². The van der Waals surface area contributed by atoms with Gasteiger partial charge in [-0.05, 0) is 12.1 Å². The van der Waals surface area contributed by atoms with Crippen LogP contribution in [0.25, 0.3) is 0 Å². The lowest BCUT2D eigenvalue weighted by Gasteiger charge is -2.17. The second-order valence-electron chi connectivity index (χ2n) is 8.31. The van der Waals surface area contributed by atoms with E-state index in [4.69, 9.17) is 9.47 Å². The number of hydrogen-bond donors (Lipinski definition) is 3. The minimum Gasteiger partial charge on any atom is -0.450 e. The predicted octanol–water partition coefficient (Wildman–Crippen LogP) is 2.48.